The number of rotatable bonds is 6. The van der Waals surface area contributed by atoms with Crippen molar-refractivity contribution < 1.29 is 8.83 Å². The fourth-order valence-corrected chi connectivity index (χ4v) is 7.38. The van der Waals surface area contributed by atoms with Gasteiger partial charge in [0.1, 0.15) is 22.3 Å². The van der Waals surface area contributed by atoms with Gasteiger partial charge in [0.2, 0.25) is 0 Å². The minimum atomic E-state index is 0.546. The Morgan fingerprint density at radius 1 is 0.250 bits per heavy atom. The lowest BCUT2D eigenvalue weighted by atomic mass is 10.0. The third-order valence-electron chi connectivity index (χ3n) is 10.1. The molecule has 0 aliphatic heterocycles. The van der Waals surface area contributed by atoms with E-state index in [1.807, 2.05) is 121 Å². The van der Waals surface area contributed by atoms with Crippen LogP contribution >= 0.6 is 0 Å². The topological polar surface area (TPSA) is 90.7 Å². The molecule has 4 heterocycles. The zero-order chi connectivity index (χ0) is 37.0. The minimum Gasteiger partial charge on any atom is -0.456 e. The van der Waals surface area contributed by atoms with Gasteiger partial charge in [-0.05, 0) is 60.7 Å². The number of aromatic nitrogens is 5. The van der Waals surface area contributed by atoms with E-state index in [9.17, 15) is 0 Å². The second-order valence-corrected chi connectivity index (χ2v) is 13.7. The van der Waals surface area contributed by atoms with Crippen LogP contribution in [-0.4, -0.2) is 24.9 Å². The second-order valence-electron chi connectivity index (χ2n) is 13.7. The van der Waals surface area contributed by atoms with Crippen molar-refractivity contribution in [1.29, 1.82) is 0 Å². The first-order chi connectivity index (χ1) is 27.7. The van der Waals surface area contributed by atoms with Gasteiger partial charge in [-0.3, -0.25) is 0 Å². The van der Waals surface area contributed by atoms with Gasteiger partial charge in [0.25, 0.3) is 0 Å². The Labute approximate surface area is 320 Å². The van der Waals surface area contributed by atoms with E-state index in [1.165, 1.54) is 0 Å². The highest BCUT2D eigenvalue weighted by molar-refractivity contribution is 6.07. The smallest absolute Gasteiger partial charge is 0.164 e. The Hall–Kier alpha value is -7.77. The van der Waals surface area contributed by atoms with Gasteiger partial charge < -0.3 is 8.83 Å². The second kappa shape index (κ2) is 13.0. The van der Waals surface area contributed by atoms with Crippen LogP contribution < -0.4 is 0 Å². The van der Waals surface area contributed by atoms with Gasteiger partial charge >= 0.3 is 0 Å². The summed E-state index contributed by atoms with van der Waals surface area (Å²) in [6.07, 6.45) is 0. The number of para-hydroxylation sites is 2. The molecule has 7 heteroatoms. The lowest BCUT2D eigenvalue weighted by Crippen LogP contribution is -2.00. The molecule has 0 aliphatic carbocycles. The zero-order valence-corrected chi connectivity index (χ0v) is 29.8. The van der Waals surface area contributed by atoms with Crippen molar-refractivity contribution in [2.24, 2.45) is 0 Å². The molecule has 0 radical (unpaired) electrons. The maximum Gasteiger partial charge on any atom is 0.164 e. The molecule has 0 saturated carbocycles. The van der Waals surface area contributed by atoms with Crippen LogP contribution in [0.25, 0.3) is 112 Å². The Morgan fingerprint density at radius 2 is 0.661 bits per heavy atom. The zero-order valence-electron chi connectivity index (χ0n) is 29.8. The lowest BCUT2D eigenvalue weighted by molar-refractivity contribution is 0.668. The SMILES string of the molecule is c1ccc(-c2cc(-c3ccc4oc5ccccc5c4c3)nc(-c3cccc(-c4nc(-c5ccccc5)nc(-c5ccc6oc7ccccc7c6c5)n4)c3)n2)cc1. The van der Waals surface area contributed by atoms with E-state index < -0.39 is 0 Å². The first-order valence-electron chi connectivity index (χ1n) is 18.4. The molecule has 11 rings (SSSR count). The van der Waals surface area contributed by atoms with E-state index in [2.05, 4.69) is 54.6 Å². The van der Waals surface area contributed by atoms with Crippen LogP contribution in [0, 0.1) is 0 Å². The Balaban J connectivity index is 1.06. The average molecular weight is 720 g/mol. The molecular weight excluding hydrogens is 691 g/mol. The van der Waals surface area contributed by atoms with Gasteiger partial charge in [-0.15, -0.1) is 0 Å². The average Bonchev–Trinajstić information content (AvgIpc) is 3.84. The fraction of sp³-hybridized carbons (Fsp3) is 0. The predicted octanol–water partition coefficient (Wildman–Crippen LogP) is 12.5. The van der Waals surface area contributed by atoms with Crippen LogP contribution in [0.4, 0.5) is 0 Å². The van der Waals surface area contributed by atoms with Crippen molar-refractivity contribution in [2.45, 2.75) is 0 Å². The van der Waals surface area contributed by atoms with Crippen molar-refractivity contribution in [2.75, 3.05) is 0 Å². The Morgan fingerprint density at radius 3 is 1.27 bits per heavy atom. The summed E-state index contributed by atoms with van der Waals surface area (Å²) in [4.78, 5) is 25.4. The van der Waals surface area contributed by atoms with Gasteiger partial charge in [-0.2, -0.15) is 0 Å². The van der Waals surface area contributed by atoms with Crippen LogP contribution in [0.5, 0.6) is 0 Å². The number of benzene rings is 7. The monoisotopic (exact) mass is 719 g/mol. The van der Waals surface area contributed by atoms with E-state index >= 15 is 0 Å². The number of furan rings is 2. The molecule has 0 unspecified atom stereocenters. The molecule has 4 aromatic heterocycles. The molecule has 56 heavy (non-hydrogen) atoms. The molecule has 7 nitrogen and oxygen atoms in total. The van der Waals surface area contributed by atoms with Crippen LogP contribution in [0.2, 0.25) is 0 Å². The van der Waals surface area contributed by atoms with Crippen LogP contribution in [-0.2, 0) is 0 Å². The normalized spacial score (nSPS) is 11.6. The summed E-state index contributed by atoms with van der Waals surface area (Å²) in [5, 5.41) is 4.17. The molecule has 0 N–H and O–H groups in total. The molecule has 0 fully saturated rings. The van der Waals surface area contributed by atoms with Crippen molar-refractivity contribution in [1.82, 2.24) is 24.9 Å². The summed E-state index contributed by atoms with van der Waals surface area (Å²) in [5.74, 6) is 2.29. The van der Waals surface area contributed by atoms with Gasteiger partial charge in [-0.1, -0.05) is 115 Å². The highest BCUT2D eigenvalue weighted by Crippen LogP contribution is 2.36. The molecule has 0 atom stereocenters. The number of fused-ring (bicyclic) bond motifs is 6. The Bertz CT molecular complexity index is 3050. The summed E-state index contributed by atoms with van der Waals surface area (Å²) in [6.45, 7) is 0. The molecule has 0 spiro atoms. The molecule has 0 amide bonds. The van der Waals surface area contributed by atoms with E-state index in [0.717, 1.165) is 88.6 Å². The predicted molar refractivity (Wildman–Crippen MR) is 223 cm³/mol. The summed E-state index contributed by atoms with van der Waals surface area (Å²) in [6, 6.07) is 58.8. The largest absolute Gasteiger partial charge is 0.456 e. The van der Waals surface area contributed by atoms with Crippen LogP contribution in [0.1, 0.15) is 0 Å². The minimum absolute atomic E-state index is 0.546. The van der Waals surface area contributed by atoms with Gasteiger partial charge in [-0.25, -0.2) is 24.9 Å². The van der Waals surface area contributed by atoms with Gasteiger partial charge in [0.15, 0.2) is 23.3 Å². The first kappa shape index (κ1) is 31.7. The van der Waals surface area contributed by atoms with E-state index in [-0.39, 0.29) is 0 Å². The third-order valence-corrected chi connectivity index (χ3v) is 10.1. The summed E-state index contributed by atoms with van der Waals surface area (Å²) in [7, 11) is 0. The lowest BCUT2D eigenvalue weighted by Gasteiger charge is -2.11. The molecule has 0 bridgehead atoms. The van der Waals surface area contributed by atoms with E-state index in [4.69, 9.17) is 33.8 Å². The third kappa shape index (κ3) is 5.58. The standard InChI is InChI=1S/C49H29N5O2/c1-3-12-30(13-4-1)40-29-41(32-22-24-44-38(27-32)36-18-7-9-20-42(36)55-44)51-47(50-40)33-16-11-17-34(26-33)48-52-46(31-14-5-2-6-15-31)53-49(54-48)35-23-25-45-39(28-35)37-19-8-10-21-43(37)56-45/h1-29H. The molecule has 0 aliphatic rings. The van der Waals surface area contributed by atoms with Gasteiger partial charge in [0, 0.05) is 54.9 Å². The highest BCUT2D eigenvalue weighted by Gasteiger charge is 2.17. The van der Waals surface area contributed by atoms with E-state index in [1.54, 1.807) is 0 Å². The van der Waals surface area contributed by atoms with Crippen LogP contribution in [0.3, 0.4) is 0 Å². The van der Waals surface area contributed by atoms with Crippen LogP contribution in [0.15, 0.2) is 185 Å². The number of hydrogen-bond donors (Lipinski definition) is 0. The molecule has 11 aromatic rings. The highest BCUT2D eigenvalue weighted by atomic mass is 16.3. The summed E-state index contributed by atoms with van der Waals surface area (Å²) >= 11 is 0. The molecule has 7 aromatic carbocycles. The molecule has 262 valence electrons. The van der Waals surface area contributed by atoms with Crippen molar-refractivity contribution in [3.05, 3.63) is 176 Å². The molecular formula is C49H29N5O2. The van der Waals surface area contributed by atoms with Crippen molar-refractivity contribution >= 4 is 43.9 Å². The Kier molecular flexibility index (Phi) is 7.35. The summed E-state index contributed by atoms with van der Waals surface area (Å²) < 4.78 is 12.3. The fourth-order valence-electron chi connectivity index (χ4n) is 7.38. The first-order valence-corrected chi connectivity index (χ1v) is 18.4. The van der Waals surface area contributed by atoms with E-state index in [0.29, 0.717) is 23.3 Å². The molecule has 0 saturated heterocycles. The maximum absolute atomic E-state index is 6.14. The number of hydrogen-bond acceptors (Lipinski definition) is 7. The van der Waals surface area contributed by atoms with Crippen molar-refractivity contribution in [3.8, 4) is 68.1 Å². The van der Waals surface area contributed by atoms with Gasteiger partial charge in [0.05, 0.1) is 11.4 Å². The maximum atomic E-state index is 6.14. The number of nitrogens with zero attached hydrogens (tertiary/aromatic N) is 5. The summed E-state index contributed by atoms with van der Waals surface area (Å²) in [5.41, 5.74) is 10.4. The quantitative estimate of drug-likeness (QED) is 0.169. The van der Waals surface area contributed by atoms with Crippen molar-refractivity contribution in [3.63, 3.8) is 0 Å².